The van der Waals surface area contributed by atoms with Crippen molar-refractivity contribution in [1.29, 1.82) is 0 Å². The van der Waals surface area contributed by atoms with Gasteiger partial charge in [-0.3, -0.25) is 9.36 Å². The number of hydrogen-bond donors (Lipinski definition) is 2. The first-order valence-electron chi connectivity index (χ1n) is 15.4. The largest absolute Gasteiger partial charge is 0.479 e. The van der Waals surface area contributed by atoms with Crippen molar-refractivity contribution in [3.05, 3.63) is 48.3 Å². The molecule has 6 rings (SSSR count). The van der Waals surface area contributed by atoms with Crippen molar-refractivity contribution >= 4 is 42.4 Å². The zero-order chi connectivity index (χ0) is 31.7. The molecule has 5 atom stereocenters. The number of methoxy groups -OCH3 is 1. The number of nitrogen functional groups attached to an aromatic ring is 1. The number of aryl methyl sites for hydroxylation is 1. The van der Waals surface area contributed by atoms with Gasteiger partial charge in [-0.25, -0.2) is 10.1 Å². The summed E-state index contributed by atoms with van der Waals surface area (Å²) < 4.78 is 32.5. The van der Waals surface area contributed by atoms with Gasteiger partial charge in [-0.15, -0.1) is 0 Å². The number of ether oxygens (including phenoxy) is 3. The maximum absolute atomic E-state index is 13.2. The fourth-order valence-electron chi connectivity index (χ4n) is 5.63. The van der Waals surface area contributed by atoms with Gasteiger partial charge in [-0.05, 0) is 49.5 Å². The third kappa shape index (κ3) is 6.99. The molecule has 45 heavy (non-hydrogen) atoms. The number of benzene rings is 2. The van der Waals surface area contributed by atoms with E-state index in [1.807, 2.05) is 67.8 Å². The molecule has 0 spiro atoms. The molecule has 1 saturated carbocycles. The topological polar surface area (TPSA) is 145 Å². The van der Waals surface area contributed by atoms with Crippen LogP contribution in [0.5, 0.6) is 11.6 Å². The van der Waals surface area contributed by atoms with E-state index in [9.17, 15) is 4.79 Å². The molecule has 4 aromatic rings. The zero-order valence-corrected chi connectivity index (χ0v) is 27.2. The summed E-state index contributed by atoms with van der Waals surface area (Å²) >= 11 is 0. The molecule has 2 aromatic heterocycles. The second-order valence-electron chi connectivity index (χ2n) is 12.2. The van der Waals surface area contributed by atoms with Gasteiger partial charge in [0.25, 0.3) is 0 Å². The molecule has 240 valence electrons. The van der Waals surface area contributed by atoms with E-state index < -0.39 is 14.6 Å². The van der Waals surface area contributed by atoms with Crippen LogP contribution in [0.25, 0.3) is 21.9 Å². The fraction of sp³-hybridized carbons (Fsp3) is 0.500. The Morgan fingerprint density at radius 2 is 1.91 bits per heavy atom. The lowest BCUT2D eigenvalue weighted by atomic mass is 10.1. The molecule has 5 unspecified atom stereocenters. The molecule has 0 amide bonds. The van der Waals surface area contributed by atoms with Crippen molar-refractivity contribution in [2.45, 2.75) is 65.3 Å². The first-order chi connectivity index (χ1) is 21.7. The van der Waals surface area contributed by atoms with Crippen LogP contribution in [0.15, 0.2) is 42.5 Å². The summed E-state index contributed by atoms with van der Waals surface area (Å²) in [4.78, 5) is 26.4. The minimum absolute atomic E-state index is 0.0440. The average Bonchev–Trinajstić information content (AvgIpc) is 3.71. The highest BCUT2D eigenvalue weighted by molar-refractivity contribution is 7.45. The van der Waals surface area contributed by atoms with Gasteiger partial charge < -0.3 is 29.0 Å². The molecular weight excluding hydrogens is 595 g/mol. The standard InChI is InChI=1S/C32H41N6O6P/c1-18(2)26(31(39)41-16-21-13-14-21)37-45(44-25-12-8-10-22-9-6-7-11-24(22)25)42-17-23-15-19(3)30(43-23)38-20(4)34-27-28(38)35-32(33)36-29(27)40-5/h6-12,18-19,21,23,26,30,37H,13-17H2,1-5H3,(H2,33,35,36). The number of carbonyl (C=O) groups excluding carboxylic acids is 1. The zero-order valence-electron chi connectivity index (χ0n) is 26.3. The average molecular weight is 637 g/mol. The number of fused-ring (bicyclic) bond motifs is 2. The molecule has 3 N–H and O–H groups in total. The number of aromatic nitrogens is 4. The number of esters is 1. The molecule has 2 fully saturated rings. The summed E-state index contributed by atoms with van der Waals surface area (Å²) in [5, 5.41) is 5.38. The van der Waals surface area contributed by atoms with Crippen LogP contribution in [0, 0.1) is 24.7 Å². The molecule has 12 nitrogen and oxygen atoms in total. The van der Waals surface area contributed by atoms with Crippen molar-refractivity contribution in [3.8, 4) is 11.6 Å². The van der Waals surface area contributed by atoms with E-state index >= 15 is 0 Å². The predicted octanol–water partition coefficient (Wildman–Crippen LogP) is 5.69. The second-order valence-corrected chi connectivity index (χ2v) is 13.4. The number of nitrogens with two attached hydrogens (primary N) is 1. The van der Waals surface area contributed by atoms with E-state index in [0.29, 0.717) is 41.1 Å². The Bertz CT molecular complexity index is 1660. The molecule has 0 radical (unpaired) electrons. The molecule has 2 aliphatic rings. The summed E-state index contributed by atoms with van der Waals surface area (Å²) in [5.74, 6) is 2.07. The highest BCUT2D eigenvalue weighted by atomic mass is 31.2. The highest BCUT2D eigenvalue weighted by Crippen LogP contribution is 2.43. The third-order valence-electron chi connectivity index (χ3n) is 8.23. The number of anilines is 1. The normalized spacial score (nSPS) is 21.3. The molecule has 1 saturated heterocycles. The maximum Gasteiger partial charge on any atom is 0.323 e. The molecule has 2 aromatic carbocycles. The summed E-state index contributed by atoms with van der Waals surface area (Å²) in [6.07, 6.45) is 2.36. The number of carbonyl (C=O) groups is 1. The molecule has 1 aliphatic heterocycles. The van der Waals surface area contributed by atoms with E-state index in [0.717, 1.165) is 30.0 Å². The van der Waals surface area contributed by atoms with Crippen LogP contribution in [-0.2, 0) is 18.8 Å². The molecule has 3 heterocycles. The van der Waals surface area contributed by atoms with Crippen LogP contribution < -0.4 is 20.1 Å². The van der Waals surface area contributed by atoms with Crippen LogP contribution in [0.3, 0.4) is 0 Å². The summed E-state index contributed by atoms with van der Waals surface area (Å²) in [7, 11) is -0.235. The Morgan fingerprint density at radius 1 is 1.13 bits per heavy atom. The van der Waals surface area contributed by atoms with Crippen molar-refractivity contribution in [3.63, 3.8) is 0 Å². The van der Waals surface area contributed by atoms with Crippen LogP contribution in [0.4, 0.5) is 5.95 Å². The van der Waals surface area contributed by atoms with Gasteiger partial charge in [-0.1, -0.05) is 57.2 Å². The number of rotatable bonds is 13. The Labute approximate surface area is 263 Å². The maximum atomic E-state index is 13.2. The van der Waals surface area contributed by atoms with E-state index in [-0.39, 0.29) is 42.7 Å². The summed E-state index contributed by atoms with van der Waals surface area (Å²) in [6, 6.07) is 13.3. The number of imidazole rings is 1. The van der Waals surface area contributed by atoms with Crippen molar-refractivity contribution in [2.75, 3.05) is 26.1 Å². The van der Waals surface area contributed by atoms with Gasteiger partial charge in [0, 0.05) is 11.3 Å². The van der Waals surface area contributed by atoms with Gasteiger partial charge in [0.1, 0.15) is 23.8 Å². The van der Waals surface area contributed by atoms with Gasteiger partial charge in [0.05, 0.1) is 26.4 Å². The monoisotopic (exact) mass is 636 g/mol. The van der Waals surface area contributed by atoms with E-state index in [1.165, 1.54) is 7.11 Å². The molecule has 0 bridgehead atoms. The fourth-order valence-corrected chi connectivity index (χ4v) is 7.08. The van der Waals surface area contributed by atoms with Crippen molar-refractivity contribution in [1.82, 2.24) is 24.6 Å². The van der Waals surface area contributed by atoms with E-state index in [2.05, 4.69) is 27.0 Å². The van der Waals surface area contributed by atoms with Crippen molar-refractivity contribution in [2.24, 2.45) is 17.8 Å². The number of hydrogen-bond acceptors (Lipinski definition) is 11. The lowest BCUT2D eigenvalue weighted by Crippen LogP contribution is -2.41. The minimum atomic E-state index is -1.76. The molecule has 1 aliphatic carbocycles. The van der Waals surface area contributed by atoms with E-state index in [1.54, 1.807) is 0 Å². The van der Waals surface area contributed by atoms with Gasteiger partial charge in [0.2, 0.25) is 11.8 Å². The Balaban J connectivity index is 1.20. The lowest BCUT2D eigenvalue weighted by Gasteiger charge is -2.27. The Morgan fingerprint density at radius 3 is 2.67 bits per heavy atom. The Kier molecular flexibility index (Phi) is 9.37. The minimum Gasteiger partial charge on any atom is -0.479 e. The van der Waals surface area contributed by atoms with Crippen LogP contribution in [0.2, 0.25) is 0 Å². The van der Waals surface area contributed by atoms with Gasteiger partial charge >= 0.3 is 14.5 Å². The summed E-state index contributed by atoms with van der Waals surface area (Å²) in [6.45, 7) is 8.68. The number of nitrogens with one attached hydrogen (secondary N) is 1. The van der Waals surface area contributed by atoms with Crippen molar-refractivity contribution < 1.29 is 28.1 Å². The predicted molar refractivity (Wildman–Crippen MR) is 172 cm³/mol. The first-order valence-corrected chi connectivity index (χ1v) is 16.6. The Hall–Kier alpha value is -3.57. The SMILES string of the molecule is COc1nc(N)nc2c1nc(C)n2C1OC(COP(NC(C(=O)OCC2CC2)C(C)C)Oc2cccc3ccccc23)CC1C. The summed E-state index contributed by atoms with van der Waals surface area (Å²) in [5.41, 5.74) is 7.07. The quantitative estimate of drug-likeness (QED) is 0.138. The van der Waals surface area contributed by atoms with Gasteiger partial charge in [-0.2, -0.15) is 9.97 Å². The third-order valence-corrected chi connectivity index (χ3v) is 9.47. The lowest BCUT2D eigenvalue weighted by molar-refractivity contribution is -0.147. The van der Waals surface area contributed by atoms with Crippen LogP contribution in [-0.4, -0.2) is 58.0 Å². The highest BCUT2D eigenvalue weighted by Gasteiger charge is 2.38. The van der Waals surface area contributed by atoms with E-state index in [4.69, 9.17) is 29.0 Å². The smallest absolute Gasteiger partial charge is 0.323 e. The number of nitrogens with zero attached hydrogens (tertiary/aromatic N) is 4. The molecular formula is C32H41N6O6P. The first kappa shape index (κ1) is 31.4. The molecule has 13 heteroatoms. The second kappa shape index (κ2) is 13.4. The van der Waals surface area contributed by atoms with Crippen LogP contribution >= 0.6 is 8.53 Å². The van der Waals surface area contributed by atoms with Gasteiger partial charge in [0.15, 0.2) is 11.2 Å². The van der Waals surface area contributed by atoms with Crippen LogP contribution in [0.1, 0.15) is 52.1 Å².